The highest BCUT2D eigenvalue weighted by Crippen LogP contribution is 2.33. The molecule has 2 N–H and O–H groups in total. The first kappa shape index (κ1) is 18.1. The highest BCUT2D eigenvalue weighted by atomic mass is 32.1. The van der Waals surface area contributed by atoms with E-state index in [0.29, 0.717) is 6.67 Å². The summed E-state index contributed by atoms with van der Waals surface area (Å²) in [6.07, 6.45) is 8.07. The Morgan fingerprint density at radius 2 is 1.93 bits per heavy atom. The number of imide groups is 1. The number of nitrogens with zero attached hydrogens (tertiary/aromatic N) is 2. The van der Waals surface area contributed by atoms with Crippen molar-refractivity contribution in [1.29, 1.82) is 0 Å². The van der Waals surface area contributed by atoms with Crippen LogP contribution < -0.4 is 10.2 Å². The van der Waals surface area contributed by atoms with Gasteiger partial charge in [-0.05, 0) is 25.0 Å². The van der Waals surface area contributed by atoms with Crippen LogP contribution in [0.5, 0.6) is 0 Å². The van der Waals surface area contributed by atoms with Crippen molar-refractivity contribution in [3.8, 4) is 0 Å². The van der Waals surface area contributed by atoms with Crippen molar-refractivity contribution in [3.05, 3.63) is 29.3 Å². The maximum atomic E-state index is 13.2. The third-order valence-electron chi connectivity index (χ3n) is 6.66. The van der Waals surface area contributed by atoms with Gasteiger partial charge in [-0.15, -0.1) is 11.3 Å². The van der Waals surface area contributed by atoms with Gasteiger partial charge in [0.1, 0.15) is 11.6 Å². The van der Waals surface area contributed by atoms with Crippen molar-refractivity contribution in [1.82, 2.24) is 15.2 Å². The van der Waals surface area contributed by atoms with Crippen LogP contribution in [-0.2, 0) is 4.79 Å². The number of nitrogens with one attached hydrogen (secondary N) is 2. The van der Waals surface area contributed by atoms with Crippen LogP contribution in [0.3, 0.4) is 0 Å². The molecule has 3 heterocycles. The lowest BCUT2D eigenvalue weighted by molar-refractivity contribution is -0.925. The summed E-state index contributed by atoms with van der Waals surface area (Å²) in [7, 11) is 0. The first-order valence-corrected chi connectivity index (χ1v) is 11.3. The fourth-order valence-electron chi connectivity index (χ4n) is 5.13. The molecule has 2 saturated heterocycles. The van der Waals surface area contributed by atoms with Gasteiger partial charge in [-0.2, -0.15) is 0 Å². The Morgan fingerprint density at radius 3 is 2.71 bits per heavy atom. The van der Waals surface area contributed by atoms with Crippen LogP contribution in [0.4, 0.5) is 4.79 Å². The number of fused-ring (bicyclic) bond motifs is 1. The first-order valence-electron chi connectivity index (χ1n) is 10.5. The summed E-state index contributed by atoms with van der Waals surface area (Å²) < 4.78 is 1.20. The topological polar surface area (TPSA) is 66.7 Å². The molecule has 1 saturated carbocycles. The molecule has 7 heteroatoms. The quantitative estimate of drug-likeness (QED) is 0.780. The maximum absolute atomic E-state index is 13.2. The molecule has 5 rings (SSSR count). The molecular weight excluding hydrogens is 372 g/mol. The number of hydrogen-bond acceptors (Lipinski definition) is 4. The molecule has 3 aliphatic rings. The van der Waals surface area contributed by atoms with Crippen molar-refractivity contribution in [2.45, 2.75) is 62.9 Å². The Kier molecular flexibility index (Phi) is 4.59. The molecule has 2 aliphatic heterocycles. The molecule has 3 amide bonds. The van der Waals surface area contributed by atoms with E-state index < -0.39 is 5.54 Å². The summed E-state index contributed by atoms with van der Waals surface area (Å²) in [4.78, 5) is 33.6. The van der Waals surface area contributed by atoms with Crippen LogP contribution in [-0.4, -0.2) is 40.6 Å². The zero-order valence-electron chi connectivity index (χ0n) is 16.1. The number of carbonyl (C=O) groups excluding carboxylic acids is 2. The number of carbonyl (C=O) groups is 2. The van der Waals surface area contributed by atoms with Crippen LogP contribution in [0.15, 0.2) is 24.3 Å². The number of thiazole rings is 1. The summed E-state index contributed by atoms with van der Waals surface area (Å²) in [6.45, 7) is 1.43. The molecule has 1 aromatic carbocycles. The minimum absolute atomic E-state index is 0.00171. The number of likely N-dealkylation sites (tertiary alicyclic amines) is 1. The number of para-hydroxylation sites is 1. The highest BCUT2D eigenvalue weighted by Gasteiger charge is 2.52. The summed E-state index contributed by atoms with van der Waals surface area (Å²) >= 11 is 1.75. The van der Waals surface area contributed by atoms with E-state index in [1.807, 2.05) is 12.1 Å². The number of aromatic nitrogens is 1. The smallest absolute Gasteiger partial charge is 0.323 e. The monoisotopic (exact) mass is 399 g/mol. The molecule has 0 bridgehead atoms. The molecule has 1 aromatic heterocycles. The summed E-state index contributed by atoms with van der Waals surface area (Å²) in [5.74, 6) is 0.00171. The molecule has 1 spiro atoms. The van der Waals surface area contributed by atoms with E-state index in [4.69, 9.17) is 4.98 Å². The first-order chi connectivity index (χ1) is 13.7. The van der Waals surface area contributed by atoms with Crippen molar-refractivity contribution in [3.63, 3.8) is 0 Å². The fourth-order valence-corrected chi connectivity index (χ4v) is 6.29. The predicted molar refractivity (Wildman–Crippen MR) is 108 cm³/mol. The molecule has 28 heavy (non-hydrogen) atoms. The lowest BCUT2D eigenvalue weighted by Crippen LogP contribution is -3.12. The van der Waals surface area contributed by atoms with Gasteiger partial charge >= 0.3 is 6.03 Å². The Labute approximate surface area is 168 Å². The second kappa shape index (κ2) is 7.12. The van der Waals surface area contributed by atoms with E-state index in [0.717, 1.165) is 68.4 Å². The van der Waals surface area contributed by atoms with E-state index in [1.165, 1.54) is 14.5 Å². The number of rotatable bonds is 3. The summed E-state index contributed by atoms with van der Waals surface area (Å²) in [5, 5.41) is 4.20. The average Bonchev–Trinajstić information content (AvgIpc) is 3.32. The van der Waals surface area contributed by atoms with Gasteiger partial charge in [-0.3, -0.25) is 4.79 Å². The maximum Gasteiger partial charge on any atom is 0.329 e. The number of hydrogen-bond donors (Lipinski definition) is 2. The van der Waals surface area contributed by atoms with Gasteiger partial charge < -0.3 is 10.2 Å². The Hall–Kier alpha value is -1.99. The second-order valence-electron chi connectivity index (χ2n) is 8.44. The van der Waals surface area contributed by atoms with Crippen LogP contribution in [0, 0.1) is 0 Å². The molecule has 2 aromatic rings. The SMILES string of the molecule is O=C1NC2(CCCCCC2)C(=O)N1C[NH+]1CCC[C@@H]1c1nc2ccccc2s1. The molecular formula is C21H27N4O2S+. The predicted octanol–water partition coefficient (Wildman–Crippen LogP) is 2.62. The molecule has 3 fully saturated rings. The Morgan fingerprint density at radius 1 is 1.14 bits per heavy atom. The number of amides is 3. The molecule has 1 unspecified atom stereocenters. The fraction of sp³-hybridized carbons (Fsp3) is 0.571. The van der Waals surface area contributed by atoms with E-state index in [1.54, 1.807) is 11.3 Å². The molecule has 0 radical (unpaired) electrons. The van der Waals surface area contributed by atoms with Crippen LogP contribution in [0.25, 0.3) is 10.2 Å². The van der Waals surface area contributed by atoms with Crippen LogP contribution in [0.1, 0.15) is 62.4 Å². The largest absolute Gasteiger partial charge is 0.329 e. The van der Waals surface area contributed by atoms with Crippen molar-refractivity contribution in [2.75, 3.05) is 13.2 Å². The summed E-state index contributed by atoms with van der Waals surface area (Å²) in [5.41, 5.74) is 0.402. The van der Waals surface area contributed by atoms with E-state index in [-0.39, 0.29) is 18.0 Å². The zero-order valence-corrected chi connectivity index (χ0v) is 16.9. The van der Waals surface area contributed by atoms with Gasteiger partial charge in [0.15, 0.2) is 11.7 Å². The minimum atomic E-state index is -0.641. The Balaban J connectivity index is 1.36. The van der Waals surface area contributed by atoms with Gasteiger partial charge in [0, 0.05) is 12.8 Å². The number of quaternary nitrogens is 1. The number of benzene rings is 1. The van der Waals surface area contributed by atoms with Gasteiger partial charge in [0.25, 0.3) is 5.91 Å². The molecule has 2 atom stereocenters. The lowest BCUT2D eigenvalue weighted by Gasteiger charge is -2.26. The standard InChI is InChI=1S/C21H26N4O2S/c26-19-21(11-5-1-2-6-12-21)23-20(27)25(19)14-24-13-7-9-16(24)18-22-15-8-3-4-10-17(15)28-18/h3-4,8,10,16H,1-2,5-7,9,11-14H2,(H,23,27)/p+1/t16-/m1/s1. The van der Waals surface area contributed by atoms with Gasteiger partial charge in [0.2, 0.25) is 0 Å². The van der Waals surface area contributed by atoms with Gasteiger partial charge in [0.05, 0.1) is 16.8 Å². The third kappa shape index (κ3) is 3.01. The van der Waals surface area contributed by atoms with Crippen molar-refractivity contribution in [2.24, 2.45) is 0 Å². The summed E-state index contributed by atoms with van der Waals surface area (Å²) in [6, 6.07) is 8.29. The Bertz CT molecular complexity index is 870. The zero-order chi connectivity index (χ0) is 19.1. The number of urea groups is 1. The van der Waals surface area contributed by atoms with Gasteiger partial charge in [-0.1, -0.05) is 37.8 Å². The van der Waals surface area contributed by atoms with E-state index >= 15 is 0 Å². The molecule has 6 nitrogen and oxygen atoms in total. The van der Waals surface area contributed by atoms with Crippen LogP contribution >= 0.6 is 11.3 Å². The van der Waals surface area contributed by atoms with Gasteiger partial charge in [-0.25, -0.2) is 14.7 Å². The average molecular weight is 400 g/mol. The van der Waals surface area contributed by atoms with E-state index in [9.17, 15) is 9.59 Å². The van der Waals surface area contributed by atoms with Crippen molar-refractivity contribution >= 4 is 33.5 Å². The normalized spacial score (nSPS) is 27.5. The molecule has 1 aliphatic carbocycles. The molecule has 148 valence electrons. The minimum Gasteiger partial charge on any atom is -0.323 e. The van der Waals surface area contributed by atoms with Crippen LogP contribution in [0.2, 0.25) is 0 Å². The van der Waals surface area contributed by atoms with Crippen molar-refractivity contribution < 1.29 is 14.5 Å². The second-order valence-corrected chi connectivity index (χ2v) is 9.50. The third-order valence-corrected chi connectivity index (χ3v) is 7.81. The lowest BCUT2D eigenvalue weighted by atomic mass is 9.90. The highest BCUT2D eigenvalue weighted by molar-refractivity contribution is 7.18. The van der Waals surface area contributed by atoms with E-state index in [2.05, 4.69) is 17.4 Å².